The highest BCUT2D eigenvalue weighted by molar-refractivity contribution is 5.79. The monoisotopic (exact) mass is 319 g/mol. The molecule has 5 heteroatoms. The molecule has 0 saturated carbocycles. The average Bonchev–Trinajstić information content (AvgIpc) is 3.05. The number of aryl methyl sites for hydroxylation is 1. The number of hydrogen-bond donors (Lipinski definition) is 2. The van der Waals surface area contributed by atoms with Crippen molar-refractivity contribution in [1.82, 2.24) is 10.6 Å². The maximum atomic E-state index is 6.06. The van der Waals surface area contributed by atoms with Crippen LogP contribution >= 0.6 is 0 Å². The van der Waals surface area contributed by atoms with Gasteiger partial charge in [-0.25, -0.2) is 4.99 Å². The van der Waals surface area contributed by atoms with E-state index in [1.54, 1.807) is 0 Å². The van der Waals surface area contributed by atoms with E-state index in [4.69, 9.17) is 9.47 Å². The molecule has 1 heterocycles. The Balaban J connectivity index is 2.02. The fourth-order valence-electron chi connectivity index (χ4n) is 2.52. The summed E-state index contributed by atoms with van der Waals surface area (Å²) in [6, 6.07) is 6.31. The van der Waals surface area contributed by atoms with Gasteiger partial charge in [-0.2, -0.15) is 0 Å². The van der Waals surface area contributed by atoms with Crippen LogP contribution in [-0.2, 0) is 11.3 Å². The van der Waals surface area contributed by atoms with Crippen molar-refractivity contribution in [3.05, 3.63) is 29.3 Å². The van der Waals surface area contributed by atoms with Gasteiger partial charge < -0.3 is 20.1 Å². The van der Waals surface area contributed by atoms with Crippen molar-refractivity contribution < 1.29 is 9.47 Å². The van der Waals surface area contributed by atoms with Gasteiger partial charge >= 0.3 is 0 Å². The second kappa shape index (κ2) is 9.40. The first-order valence-electron chi connectivity index (χ1n) is 8.55. The van der Waals surface area contributed by atoms with Crippen LogP contribution in [-0.4, -0.2) is 38.9 Å². The van der Waals surface area contributed by atoms with E-state index in [2.05, 4.69) is 54.6 Å². The third-order valence-corrected chi connectivity index (χ3v) is 3.82. The van der Waals surface area contributed by atoms with Crippen LogP contribution in [0.2, 0.25) is 0 Å². The number of rotatable bonds is 7. The van der Waals surface area contributed by atoms with Gasteiger partial charge in [0.15, 0.2) is 5.96 Å². The van der Waals surface area contributed by atoms with Gasteiger partial charge in [-0.3, -0.25) is 0 Å². The quantitative estimate of drug-likeness (QED) is 0.599. The molecule has 0 aliphatic carbocycles. The number of aliphatic imine (C=N–C) groups is 1. The molecule has 1 fully saturated rings. The summed E-state index contributed by atoms with van der Waals surface area (Å²) in [7, 11) is 0. The predicted octanol–water partition coefficient (Wildman–Crippen LogP) is 2.49. The van der Waals surface area contributed by atoms with Crippen molar-refractivity contribution in [2.24, 2.45) is 10.9 Å². The van der Waals surface area contributed by atoms with Crippen molar-refractivity contribution >= 4 is 5.96 Å². The van der Waals surface area contributed by atoms with Crippen molar-refractivity contribution in [2.45, 2.75) is 33.7 Å². The Kier molecular flexibility index (Phi) is 7.20. The average molecular weight is 319 g/mol. The summed E-state index contributed by atoms with van der Waals surface area (Å²) < 4.78 is 11.5. The maximum Gasteiger partial charge on any atom is 0.191 e. The Bertz CT molecular complexity index is 503. The van der Waals surface area contributed by atoms with E-state index in [-0.39, 0.29) is 0 Å². The summed E-state index contributed by atoms with van der Waals surface area (Å²) >= 11 is 0. The summed E-state index contributed by atoms with van der Waals surface area (Å²) in [4.78, 5) is 4.63. The fraction of sp³-hybridized carbons (Fsp3) is 0.611. The van der Waals surface area contributed by atoms with E-state index in [1.165, 1.54) is 5.56 Å². The topological polar surface area (TPSA) is 54.9 Å². The first-order chi connectivity index (χ1) is 11.2. The van der Waals surface area contributed by atoms with Crippen molar-refractivity contribution in [1.29, 1.82) is 0 Å². The Labute approximate surface area is 139 Å². The number of nitrogens with one attached hydrogen (secondary N) is 2. The molecule has 0 spiro atoms. The molecular formula is C18H29N3O2. The SMILES string of the molecule is CCNC(=NCc1ccc(C)cc1OCC1CCOC1)NCC. The molecule has 0 amide bonds. The molecule has 0 radical (unpaired) electrons. The number of guanidine groups is 1. The number of nitrogens with zero attached hydrogens (tertiary/aromatic N) is 1. The third-order valence-electron chi connectivity index (χ3n) is 3.82. The molecule has 5 nitrogen and oxygen atoms in total. The smallest absolute Gasteiger partial charge is 0.191 e. The lowest BCUT2D eigenvalue weighted by Gasteiger charge is -2.15. The minimum Gasteiger partial charge on any atom is -0.493 e. The summed E-state index contributed by atoms with van der Waals surface area (Å²) in [5.41, 5.74) is 2.32. The second-order valence-corrected chi connectivity index (χ2v) is 5.88. The van der Waals surface area contributed by atoms with Crippen LogP contribution < -0.4 is 15.4 Å². The number of benzene rings is 1. The predicted molar refractivity (Wildman–Crippen MR) is 94.1 cm³/mol. The van der Waals surface area contributed by atoms with Gasteiger partial charge in [-0.15, -0.1) is 0 Å². The summed E-state index contributed by atoms with van der Waals surface area (Å²) in [6.45, 7) is 10.9. The van der Waals surface area contributed by atoms with Crippen LogP contribution in [0.5, 0.6) is 5.75 Å². The number of hydrogen-bond acceptors (Lipinski definition) is 3. The van der Waals surface area contributed by atoms with Crippen molar-refractivity contribution in [3.8, 4) is 5.75 Å². The Morgan fingerprint density at radius 1 is 1.30 bits per heavy atom. The summed E-state index contributed by atoms with van der Waals surface area (Å²) in [6.07, 6.45) is 1.09. The van der Waals surface area contributed by atoms with Crippen molar-refractivity contribution in [2.75, 3.05) is 32.9 Å². The normalized spacial score (nSPS) is 16.9. The first kappa shape index (κ1) is 17.6. The molecular weight excluding hydrogens is 290 g/mol. The molecule has 1 aromatic rings. The fourth-order valence-corrected chi connectivity index (χ4v) is 2.52. The summed E-state index contributed by atoms with van der Waals surface area (Å²) in [5, 5.41) is 6.49. The molecule has 0 aromatic heterocycles. The van der Waals surface area contributed by atoms with Crippen LogP contribution in [0.1, 0.15) is 31.4 Å². The molecule has 1 aliphatic rings. The molecule has 1 unspecified atom stereocenters. The number of ether oxygens (including phenoxy) is 2. The lowest BCUT2D eigenvalue weighted by atomic mass is 10.1. The first-order valence-corrected chi connectivity index (χ1v) is 8.55. The molecule has 1 aliphatic heterocycles. The van der Waals surface area contributed by atoms with Crippen molar-refractivity contribution in [3.63, 3.8) is 0 Å². The minimum atomic E-state index is 0.506. The van der Waals surface area contributed by atoms with Crippen LogP contribution in [0.3, 0.4) is 0 Å². The minimum absolute atomic E-state index is 0.506. The van der Waals surface area contributed by atoms with Gasteiger partial charge in [0.2, 0.25) is 0 Å². The molecule has 0 bridgehead atoms. The lowest BCUT2D eigenvalue weighted by molar-refractivity contribution is 0.166. The summed E-state index contributed by atoms with van der Waals surface area (Å²) in [5.74, 6) is 2.28. The molecule has 128 valence electrons. The van der Waals surface area contributed by atoms with Crippen LogP contribution in [0, 0.1) is 12.8 Å². The molecule has 1 atom stereocenters. The Hall–Kier alpha value is -1.75. The molecule has 23 heavy (non-hydrogen) atoms. The van der Waals surface area contributed by atoms with E-state index in [9.17, 15) is 0 Å². The van der Waals surface area contributed by atoms with Gasteiger partial charge in [0, 0.05) is 31.2 Å². The Morgan fingerprint density at radius 3 is 2.74 bits per heavy atom. The van der Waals surface area contributed by atoms with Gasteiger partial charge in [0.25, 0.3) is 0 Å². The van der Waals surface area contributed by atoms with Crippen LogP contribution in [0.15, 0.2) is 23.2 Å². The zero-order chi connectivity index (χ0) is 16.5. The van der Waals surface area contributed by atoms with E-state index in [0.717, 1.165) is 50.0 Å². The van der Waals surface area contributed by atoms with Gasteiger partial charge in [-0.1, -0.05) is 12.1 Å². The Morgan fingerprint density at radius 2 is 2.09 bits per heavy atom. The molecule has 1 saturated heterocycles. The third kappa shape index (κ3) is 5.75. The van der Waals surface area contributed by atoms with E-state index >= 15 is 0 Å². The van der Waals surface area contributed by atoms with Gasteiger partial charge in [0.05, 0.1) is 19.8 Å². The van der Waals surface area contributed by atoms with E-state index in [1.807, 2.05) is 0 Å². The lowest BCUT2D eigenvalue weighted by Crippen LogP contribution is -2.36. The maximum absolute atomic E-state index is 6.06. The van der Waals surface area contributed by atoms with Gasteiger partial charge in [-0.05, 0) is 38.8 Å². The van der Waals surface area contributed by atoms with Gasteiger partial charge in [0.1, 0.15) is 5.75 Å². The highest BCUT2D eigenvalue weighted by Crippen LogP contribution is 2.23. The molecule has 2 rings (SSSR count). The van der Waals surface area contributed by atoms with Crippen LogP contribution in [0.4, 0.5) is 0 Å². The zero-order valence-corrected chi connectivity index (χ0v) is 14.5. The standard InChI is InChI=1S/C18H29N3O2/c1-4-19-18(20-5-2)21-11-16-7-6-14(3)10-17(16)23-13-15-8-9-22-12-15/h6-7,10,15H,4-5,8-9,11-13H2,1-3H3,(H2,19,20,21). The van der Waals surface area contributed by atoms with E-state index < -0.39 is 0 Å². The molecule has 2 N–H and O–H groups in total. The van der Waals surface area contributed by atoms with Crippen LogP contribution in [0.25, 0.3) is 0 Å². The highest BCUT2D eigenvalue weighted by atomic mass is 16.5. The molecule has 1 aromatic carbocycles. The largest absolute Gasteiger partial charge is 0.493 e. The highest BCUT2D eigenvalue weighted by Gasteiger charge is 2.17. The second-order valence-electron chi connectivity index (χ2n) is 5.88. The zero-order valence-electron chi connectivity index (χ0n) is 14.5. The van der Waals surface area contributed by atoms with E-state index in [0.29, 0.717) is 19.1 Å².